The topological polar surface area (TPSA) is 57.7 Å². The van der Waals surface area contributed by atoms with Gasteiger partial charge in [-0.3, -0.25) is 4.90 Å². The fourth-order valence-corrected chi connectivity index (χ4v) is 5.14. The van der Waals surface area contributed by atoms with Gasteiger partial charge in [0.05, 0.1) is 17.5 Å². The summed E-state index contributed by atoms with van der Waals surface area (Å²) in [6, 6.07) is 23.8. The van der Waals surface area contributed by atoms with E-state index in [0.29, 0.717) is 5.69 Å². The standard InChI is InChI=1S/C21H17BrN2O3S/c22-17-9-7-8-16(14-17)20-15-23(28(26,27)19-12-5-2-6-13-19)21(25)24(20)18-10-3-1-4-11-18/h1-14,20H,15H2. The van der Waals surface area contributed by atoms with Crippen molar-refractivity contribution >= 4 is 37.7 Å². The van der Waals surface area contributed by atoms with Crippen LogP contribution in [0.1, 0.15) is 11.6 Å². The fraction of sp³-hybridized carbons (Fsp3) is 0.0952. The van der Waals surface area contributed by atoms with Crippen molar-refractivity contribution in [1.82, 2.24) is 4.31 Å². The van der Waals surface area contributed by atoms with E-state index in [9.17, 15) is 13.2 Å². The second kappa shape index (κ2) is 7.41. The Labute approximate surface area is 172 Å². The fourth-order valence-electron chi connectivity index (χ4n) is 3.34. The molecule has 142 valence electrons. The lowest BCUT2D eigenvalue weighted by Crippen LogP contribution is -2.36. The first-order valence-electron chi connectivity index (χ1n) is 8.70. The van der Waals surface area contributed by atoms with Gasteiger partial charge in [0.1, 0.15) is 0 Å². The molecule has 0 aliphatic carbocycles. The maximum absolute atomic E-state index is 13.3. The van der Waals surface area contributed by atoms with Crippen molar-refractivity contribution in [3.05, 3.63) is 95.0 Å². The summed E-state index contributed by atoms with van der Waals surface area (Å²) < 4.78 is 28.1. The lowest BCUT2D eigenvalue weighted by Gasteiger charge is -2.23. The van der Waals surface area contributed by atoms with Gasteiger partial charge in [-0.2, -0.15) is 0 Å². The summed E-state index contributed by atoms with van der Waals surface area (Å²) >= 11 is 3.46. The molecule has 7 heteroatoms. The lowest BCUT2D eigenvalue weighted by molar-refractivity contribution is 0.239. The second-order valence-corrected chi connectivity index (χ2v) is 9.19. The zero-order valence-electron chi connectivity index (χ0n) is 14.8. The van der Waals surface area contributed by atoms with Crippen molar-refractivity contribution in [2.75, 3.05) is 11.4 Å². The third-order valence-electron chi connectivity index (χ3n) is 4.67. The van der Waals surface area contributed by atoms with Crippen molar-refractivity contribution in [2.24, 2.45) is 0 Å². The number of sulfonamides is 1. The highest BCUT2D eigenvalue weighted by Crippen LogP contribution is 2.37. The molecule has 28 heavy (non-hydrogen) atoms. The van der Waals surface area contributed by atoms with E-state index in [4.69, 9.17) is 0 Å². The highest BCUT2D eigenvalue weighted by molar-refractivity contribution is 9.10. The number of carbonyl (C=O) groups is 1. The van der Waals surface area contributed by atoms with Crippen LogP contribution >= 0.6 is 15.9 Å². The average molecular weight is 457 g/mol. The van der Waals surface area contributed by atoms with E-state index in [2.05, 4.69) is 15.9 Å². The van der Waals surface area contributed by atoms with E-state index in [1.165, 1.54) is 12.1 Å². The maximum Gasteiger partial charge on any atom is 0.339 e. The van der Waals surface area contributed by atoms with Gasteiger partial charge in [0, 0.05) is 10.2 Å². The molecule has 3 aromatic carbocycles. The Kier molecular flexibility index (Phi) is 4.95. The first-order chi connectivity index (χ1) is 13.5. The Morgan fingerprint density at radius 1 is 0.857 bits per heavy atom. The van der Waals surface area contributed by atoms with Gasteiger partial charge in [0.15, 0.2) is 0 Å². The Morgan fingerprint density at radius 3 is 2.14 bits per heavy atom. The van der Waals surface area contributed by atoms with Crippen LogP contribution in [0.2, 0.25) is 0 Å². The van der Waals surface area contributed by atoms with Crippen molar-refractivity contribution in [3.63, 3.8) is 0 Å². The summed E-state index contributed by atoms with van der Waals surface area (Å²) in [5.74, 6) is 0. The minimum atomic E-state index is -3.95. The highest BCUT2D eigenvalue weighted by atomic mass is 79.9. The number of benzene rings is 3. The molecular formula is C21H17BrN2O3S. The first kappa shape index (κ1) is 18.7. The molecule has 0 spiro atoms. The largest absolute Gasteiger partial charge is 0.339 e. The van der Waals surface area contributed by atoms with Crippen LogP contribution in [-0.2, 0) is 10.0 Å². The maximum atomic E-state index is 13.3. The molecule has 0 bridgehead atoms. The van der Waals surface area contributed by atoms with Gasteiger partial charge in [0.25, 0.3) is 10.0 Å². The summed E-state index contributed by atoms with van der Waals surface area (Å²) in [7, 11) is -3.95. The second-order valence-electron chi connectivity index (χ2n) is 6.41. The van der Waals surface area contributed by atoms with Crippen LogP contribution in [0, 0.1) is 0 Å². The van der Waals surface area contributed by atoms with E-state index in [1.807, 2.05) is 54.6 Å². The van der Waals surface area contributed by atoms with E-state index in [-0.39, 0.29) is 11.4 Å². The minimum absolute atomic E-state index is 0.0431. The summed E-state index contributed by atoms with van der Waals surface area (Å²) in [5.41, 5.74) is 1.51. The zero-order chi connectivity index (χ0) is 19.7. The molecular weight excluding hydrogens is 440 g/mol. The van der Waals surface area contributed by atoms with Crippen LogP contribution in [0.15, 0.2) is 94.3 Å². The number of anilines is 1. The molecule has 1 heterocycles. The molecule has 0 radical (unpaired) electrons. The molecule has 1 aliphatic rings. The van der Waals surface area contributed by atoms with E-state index < -0.39 is 22.1 Å². The molecule has 0 aromatic heterocycles. The third kappa shape index (κ3) is 3.31. The number of hydrogen-bond donors (Lipinski definition) is 0. The smallest absolute Gasteiger partial charge is 0.284 e. The average Bonchev–Trinajstić information content (AvgIpc) is 3.07. The minimum Gasteiger partial charge on any atom is -0.284 e. The molecule has 2 amide bonds. The molecule has 1 fully saturated rings. The Hall–Kier alpha value is -2.64. The molecule has 4 rings (SSSR count). The number of urea groups is 1. The first-order valence-corrected chi connectivity index (χ1v) is 10.9. The Balaban J connectivity index is 1.81. The predicted octanol–water partition coefficient (Wildman–Crippen LogP) is 4.82. The number of para-hydroxylation sites is 1. The van der Waals surface area contributed by atoms with Crippen LogP contribution < -0.4 is 4.90 Å². The van der Waals surface area contributed by atoms with Gasteiger partial charge < -0.3 is 0 Å². The van der Waals surface area contributed by atoms with Crippen LogP contribution in [0.4, 0.5) is 10.5 Å². The molecule has 0 saturated carbocycles. The third-order valence-corrected chi connectivity index (χ3v) is 6.92. The molecule has 5 nitrogen and oxygen atoms in total. The van der Waals surface area contributed by atoms with E-state index in [1.54, 1.807) is 23.1 Å². The molecule has 3 aromatic rings. The van der Waals surface area contributed by atoms with Gasteiger partial charge in [-0.15, -0.1) is 0 Å². The van der Waals surface area contributed by atoms with Crippen LogP contribution in [-0.4, -0.2) is 25.3 Å². The normalized spacial score (nSPS) is 17.2. The number of carbonyl (C=O) groups excluding carboxylic acids is 1. The number of amides is 2. The number of nitrogens with zero attached hydrogens (tertiary/aromatic N) is 2. The van der Waals surface area contributed by atoms with Crippen molar-refractivity contribution in [1.29, 1.82) is 0 Å². The van der Waals surface area contributed by atoms with Crippen molar-refractivity contribution in [3.8, 4) is 0 Å². The number of hydrogen-bond acceptors (Lipinski definition) is 3. The monoisotopic (exact) mass is 456 g/mol. The summed E-state index contributed by atoms with van der Waals surface area (Å²) in [4.78, 5) is 14.9. The van der Waals surface area contributed by atoms with Gasteiger partial charge >= 0.3 is 6.03 Å². The van der Waals surface area contributed by atoms with Gasteiger partial charge in [0.2, 0.25) is 0 Å². The number of halogens is 1. The van der Waals surface area contributed by atoms with E-state index in [0.717, 1.165) is 14.3 Å². The number of rotatable bonds is 4. The highest BCUT2D eigenvalue weighted by Gasteiger charge is 2.45. The lowest BCUT2D eigenvalue weighted by atomic mass is 10.1. The van der Waals surface area contributed by atoms with Crippen LogP contribution in [0.25, 0.3) is 0 Å². The van der Waals surface area contributed by atoms with Gasteiger partial charge in [-0.1, -0.05) is 64.5 Å². The van der Waals surface area contributed by atoms with Crippen molar-refractivity contribution < 1.29 is 13.2 Å². The zero-order valence-corrected chi connectivity index (χ0v) is 17.2. The van der Waals surface area contributed by atoms with Gasteiger partial charge in [-0.25, -0.2) is 17.5 Å². The summed E-state index contributed by atoms with van der Waals surface area (Å²) in [6.45, 7) is 0.0431. The molecule has 0 N–H and O–H groups in total. The molecule has 1 unspecified atom stereocenters. The Morgan fingerprint density at radius 2 is 1.50 bits per heavy atom. The predicted molar refractivity (Wildman–Crippen MR) is 112 cm³/mol. The quantitative estimate of drug-likeness (QED) is 0.565. The van der Waals surface area contributed by atoms with Gasteiger partial charge in [-0.05, 0) is 42.0 Å². The molecule has 1 atom stereocenters. The SMILES string of the molecule is O=C1N(c2ccccc2)C(c2cccc(Br)c2)CN1S(=O)(=O)c1ccccc1. The summed E-state index contributed by atoms with van der Waals surface area (Å²) in [6.07, 6.45) is 0. The van der Waals surface area contributed by atoms with E-state index >= 15 is 0 Å². The Bertz CT molecular complexity index is 1100. The molecule has 1 aliphatic heterocycles. The van der Waals surface area contributed by atoms with Crippen molar-refractivity contribution in [2.45, 2.75) is 10.9 Å². The van der Waals surface area contributed by atoms with Crippen LogP contribution in [0.3, 0.4) is 0 Å². The molecule has 1 saturated heterocycles. The summed E-state index contributed by atoms with van der Waals surface area (Å²) in [5, 5.41) is 0. The van der Waals surface area contributed by atoms with Crippen LogP contribution in [0.5, 0.6) is 0 Å².